The first kappa shape index (κ1) is 23.6. The Morgan fingerprint density at radius 3 is 2.62 bits per heavy atom. The van der Waals surface area contributed by atoms with Gasteiger partial charge in [-0.15, -0.1) is 11.3 Å². The number of carbonyl (C=O) groups is 1. The summed E-state index contributed by atoms with van der Waals surface area (Å²) < 4.78 is 5.55. The lowest BCUT2D eigenvalue weighted by atomic mass is 9.43. The molecule has 4 aromatic rings. The third kappa shape index (κ3) is 3.05. The summed E-state index contributed by atoms with van der Waals surface area (Å²) in [6, 6.07) is 22.7. The minimum atomic E-state index is -0.901. The standard InChI is InChI=1S/C33H25N3O2S/c1-31(19-32(20-34)21-9-7-8-16-33(31,17-21)26-13-6-5-12-25(26)32)29(37)36-30-35-27(18-39-30)23-14-15-28(38-2)24-11-4-3-10-22(23)24/h3-18H,19H2,1-2H3,(H,35,36,37). The maximum Gasteiger partial charge on any atom is 0.233 e. The number of aromatic nitrogens is 1. The molecule has 4 aliphatic carbocycles. The van der Waals surface area contributed by atoms with Gasteiger partial charge in [0.05, 0.1) is 24.3 Å². The number of hydrogen-bond acceptors (Lipinski definition) is 5. The summed E-state index contributed by atoms with van der Waals surface area (Å²) in [6.07, 6.45) is 10.6. The van der Waals surface area contributed by atoms with Crippen LogP contribution in [0.3, 0.4) is 0 Å². The molecule has 0 saturated heterocycles. The van der Waals surface area contributed by atoms with Crippen LogP contribution in [-0.2, 0) is 15.6 Å². The Morgan fingerprint density at radius 1 is 1.05 bits per heavy atom. The Bertz CT molecular complexity index is 1830. The number of methoxy groups -OCH3 is 1. The molecule has 1 spiro atoms. The first-order valence-electron chi connectivity index (χ1n) is 12.9. The number of nitrogens with one attached hydrogen (secondary N) is 1. The van der Waals surface area contributed by atoms with Gasteiger partial charge in [0, 0.05) is 21.7 Å². The number of ether oxygens (including phenoxy) is 1. The molecule has 190 valence electrons. The number of fused-ring (bicyclic) bond motifs is 2. The molecule has 1 heterocycles. The molecule has 5 nitrogen and oxygen atoms in total. The molecule has 3 aromatic carbocycles. The molecule has 8 rings (SSSR count). The number of allylic oxidation sites excluding steroid dienone is 6. The molecular weight excluding hydrogens is 502 g/mol. The quantitative estimate of drug-likeness (QED) is 0.308. The van der Waals surface area contributed by atoms with E-state index in [0.717, 1.165) is 44.5 Å². The second-order valence-corrected chi connectivity index (χ2v) is 11.5. The van der Waals surface area contributed by atoms with E-state index in [1.54, 1.807) is 7.11 Å². The highest BCUT2D eigenvalue weighted by molar-refractivity contribution is 7.14. The van der Waals surface area contributed by atoms with E-state index < -0.39 is 16.2 Å². The topological polar surface area (TPSA) is 75.0 Å². The van der Waals surface area contributed by atoms with Crippen molar-refractivity contribution in [2.75, 3.05) is 12.4 Å². The number of amides is 1. The average molecular weight is 528 g/mol. The van der Waals surface area contributed by atoms with Gasteiger partial charge in [-0.3, -0.25) is 4.79 Å². The first-order chi connectivity index (χ1) is 19.0. The van der Waals surface area contributed by atoms with E-state index in [1.807, 2.05) is 79.1 Å². The van der Waals surface area contributed by atoms with Gasteiger partial charge in [0.25, 0.3) is 0 Å². The van der Waals surface area contributed by atoms with Gasteiger partial charge in [-0.1, -0.05) is 78.9 Å². The van der Waals surface area contributed by atoms with Crippen LogP contribution >= 0.6 is 11.3 Å². The minimum Gasteiger partial charge on any atom is -0.496 e. The van der Waals surface area contributed by atoms with E-state index in [2.05, 4.69) is 35.7 Å². The highest BCUT2D eigenvalue weighted by Gasteiger charge is 2.65. The van der Waals surface area contributed by atoms with Gasteiger partial charge >= 0.3 is 0 Å². The summed E-state index contributed by atoms with van der Waals surface area (Å²) in [6.45, 7) is 1.98. The Labute approximate surface area is 230 Å². The minimum absolute atomic E-state index is 0.140. The van der Waals surface area contributed by atoms with Crippen LogP contribution in [0.1, 0.15) is 24.5 Å². The van der Waals surface area contributed by atoms with Crippen LogP contribution in [0.2, 0.25) is 0 Å². The number of thiazole rings is 1. The molecule has 6 heteroatoms. The number of hydrogen-bond donors (Lipinski definition) is 1. The lowest BCUT2D eigenvalue weighted by molar-refractivity contribution is -0.128. The van der Waals surface area contributed by atoms with Crippen LogP contribution < -0.4 is 10.1 Å². The van der Waals surface area contributed by atoms with Crippen molar-refractivity contribution in [3.63, 3.8) is 0 Å². The van der Waals surface area contributed by atoms with Crippen LogP contribution in [0.5, 0.6) is 5.75 Å². The van der Waals surface area contributed by atoms with Crippen molar-refractivity contribution >= 4 is 33.1 Å². The molecule has 1 aromatic heterocycles. The van der Waals surface area contributed by atoms with E-state index in [1.165, 1.54) is 11.3 Å². The number of nitriles is 1. The molecule has 3 atom stereocenters. The van der Waals surface area contributed by atoms with E-state index in [9.17, 15) is 10.1 Å². The first-order valence-corrected chi connectivity index (χ1v) is 13.8. The third-order valence-corrected chi connectivity index (χ3v) is 9.54. The van der Waals surface area contributed by atoms with Crippen molar-refractivity contribution < 1.29 is 9.53 Å². The van der Waals surface area contributed by atoms with Crippen LogP contribution in [0.25, 0.3) is 22.0 Å². The molecule has 39 heavy (non-hydrogen) atoms. The lowest BCUT2D eigenvalue weighted by Gasteiger charge is -2.57. The summed E-state index contributed by atoms with van der Waals surface area (Å²) in [4.78, 5) is 19.1. The molecule has 1 amide bonds. The SMILES string of the molecule is COc1ccc(-c2csc(NC(=O)C3(C)CC4(C#N)C5=CC3(C=CC=C5)c3ccccc34)n2)c2ccccc12. The van der Waals surface area contributed by atoms with Gasteiger partial charge in [0.2, 0.25) is 5.91 Å². The van der Waals surface area contributed by atoms with Crippen molar-refractivity contribution in [1.82, 2.24) is 4.98 Å². The summed E-state index contributed by atoms with van der Waals surface area (Å²) in [5.74, 6) is 0.668. The molecule has 0 aliphatic heterocycles. The fraction of sp³-hybridized carbons (Fsp3) is 0.182. The van der Waals surface area contributed by atoms with Crippen LogP contribution in [0.15, 0.2) is 102 Å². The maximum absolute atomic E-state index is 14.2. The lowest BCUT2D eigenvalue weighted by Crippen LogP contribution is -2.60. The van der Waals surface area contributed by atoms with Crippen LogP contribution in [0, 0.1) is 16.7 Å². The molecule has 1 N–H and O–H groups in total. The highest BCUT2D eigenvalue weighted by Crippen LogP contribution is 2.65. The summed E-state index contributed by atoms with van der Waals surface area (Å²) in [7, 11) is 1.67. The molecule has 4 aliphatic rings. The van der Waals surface area contributed by atoms with Gasteiger partial charge < -0.3 is 10.1 Å². The van der Waals surface area contributed by atoms with E-state index >= 15 is 0 Å². The van der Waals surface area contributed by atoms with E-state index in [-0.39, 0.29) is 5.91 Å². The number of carbonyl (C=O) groups excluding carboxylic acids is 1. The van der Waals surface area contributed by atoms with Crippen LogP contribution in [-0.4, -0.2) is 18.0 Å². The van der Waals surface area contributed by atoms with E-state index in [4.69, 9.17) is 9.72 Å². The van der Waals surface area contributed by atoms with Crippen molar-refractivity contribution in [2.45, 2.75) is 24.2 Å². The predicted octanol–water partition coefficient (Wildman–Crippen LogP) is 7.09. The number of nitrogens with zero attached hydrogens (tertiary/aromatic N) is 2. The van der Waals surface area contributed by atoms with Crippen molar-refractivity contribution in [3.8, 4) is 23.1 Å². The zero-order valence-corrected chi connectivity index (χ0v) is 22.4. The summed E-state index contributed by atoms with van der Waals surface area (Å²) in [5.41, 5.74) is 2.29. The Kier molecular flexibility index (Phi) is 5.01. The van der Waals surface area contributed by atoms with Crippen molar-refractivity contribution in [2.24, 2.45) is 5.41 Å². The van der Waals surface area contributed by atoms with Gasteiger partial charge in [-0.25, -0.2) is 4.98 Å². The predicted molar refractivity (Wildman–Crippen MR) is 155 cm³/mol. The highest BCUT2D eigenvalue weighted by atomic mass is 32.1. The van der Waals surface area contributed by atoms with Crippen LogP contribution in [0.4, 0.5) is 5.13 Å². The second-order valence-electron chi connectivity index (χ2n) is 10.6. The number of anilines is 1. The zero-order valence-electron chi connectivity index (χ0n) is 21.6. The molecule has 0 fully saturated rings. The molecule has 3 unspecified atom stereocenters. The van der Waals surface area contributed by atoms with Crippen molar-refractivity contribution in [1.29, 1.82) is 5.26 Å². The normalized spacial score (nSPS) is 25.9. The fourth-order valence-electron chi connectivity index (χ4n) is 6.82. The summed E-state index contributed by atoms with van der Waals surface area (Å²) in [5, 5.41) is 18.3. The smallest absolute Gasteiger partial charge is 0.233 e. The second kappa shape index (κ2) is 8.26. The van der Waals surface area contributed by atoms with Gasteiger partial charge in [-0.05, 0) is 47.6 Å². The monoisotopic (exact) mass is 527 g/mol. The van der Waals surface area contributed by atoms with Gasteiger partial charge in [-0.2, -0.15) is 5.26 Å². The average Bonchev–Trinajstić information content (AvgIpc) is 3.34. The Balaban J connectivity index is 1.29. The van der Waals surface area contributed by atoms with Crippen molar-refractivity contribution in [3.05, 3.63) is 113 Å². The zero-order chi connectivity index (χ0) is 26.8. The van der Waals surface area contributed by atoms with Gasteiger partial charge in [0.1, 0.15) is 11.2 Å². The molecule has 0 saturated carbocycles. The fourth-order valence-corrected chi connectivity index (χ4v) is 7.53. The van der Waals surface area contributed by atoms with Gasteiger partial charge in [0.15, 0.2) is 5.13 Å². The molecule has 0 radical (unpaired) electrons. The molecular formula is C33H25N3O2S. The number of rotatable bonds is 4. The maximum atomic E-state index is 14.2. The molecule has 3 bridgehead atoms. The Hall–Kier alpha value is -4.47. The Morgan fingerprint density at radius 2 is 1.82 bits per heavy atom. The number of benzene rings is 3. The largest absolute Gasteiger partial charge is 0.496 e. The van der Waals surface area contributed by atoms with E-state index in [0.29, 0.717) is 11.6 Å². The third-order valence-electron chi connectivity index (χ3n) is 8.78. The summed E-state index contributed by atoms with van der Waals surface area (Å²) >= 11 is 1.40.